The zero-order chi connectivity index (χ0) is 10.7. The van der Waals surface area contributed by atoms with E-state index in [9.17, 15) is 0 Å². The van der Waals surface area contributed by atoms with Gasteiger partial charge >= 0.3 is 0 Å². The van der Waals surface area contributed by atoms with Crippen LogP contribution in [0.1, 0.15) is 31.7 Å². The predicted molar refractivity (Wildman–Crippen MR) is 54.4 cm³/mol. The Kier molecular flexibility index (Phi) is 3.33. The summed E-state index contributed by atoms with van der Waals surface area (Å²) in [6.45, 7) is 6.47. The predicted octanol–water partition coefficient (Wildman–Crippen LogP) is 0.929. The Morgan fingerprint density at radius 2 is 2.33 bits per heavy atom. The molecule has 0 saturated carbocycles. The molecule has 1 aromatic rings. The molecule has 1 saturated heterocycles. The second-order valence-corrected chi connectivity index (χ2v) is 4.21. The largest absolute Gasteiger partial charge is 0.423 e. The Labute approximate surface area is 89.2 Å². The van der Waals surface area contributed by atoms with E-state index in [2.05, 4.69) is 29.4 Å². The molecule has 0 amide bonds. The molecule has 1 atom stereocenters. The van der Waals surface area contributed by atoms with E-state index in [1.807, 2.05) is 0 Å². The monoisotopic (exact) mass is 211 g/mol. The molecule has 0 aromatic carbocycles. The minimum absolute atomic E-state index is 0.0622. The SMILES string of the molecule is CC(C)Cc1nnc(C2COCCN2)o1. The van der Waals surface area contributed by atoms with E-state index >= 15 is 0 Å². The van der Waals surface area contributed by atoms with E-state index in [0.717, 1.165) is 19.6 Å². The fraction of sp³-hybridized carbons (Fsp3) is 0.800. The fourth-order valence-corrected chi connectivity index (χ4v) is 1.56. The lowest BCUT2D eigenvalue weighted by atomic mass is 10.1. The van der Waals surface area contributed by atoms with Crippen molar-refractivity contribution >= 4 is 0 Å². The number of nitrogens with zero attached hydrogens (tertiary/aromatic N) is 2. The number of rotatable bonds is 3. The van der Waals surface area contributed by atoms with E-state index in [1.165, 1.54) is 0 Å². The second-order valence-electron chi connectivity index (χ2n) is 4.21. The molecule has 5 heteroatoms. The maximum absolute atomic E-state index is 5.57. The van der Waals surface area contributed by atoms with Gasteiger partial charge in [0.2, 0.25) is 11.8 Å². The Hall–Kier alpha value is -0.940. The molecule has 0 spiro atoms. The van der Waals surface area contributed by atoms with Crippen molar-refractivity contribution < 1.29 is 9.15 Å². The Morgan fingerprint density at radius 1 is 1.47 bits per heavy atom. The van der Waals surface area contributed by atoms with Gasteiger partial charge in [-0.3, -0.25) is 0 Å². The van der Waals surface area contributed by atoms with Gasteiger partial charge in [0.1, 0.15) is 6.04 Å². The zero-order valence-electron chi connectivity index (χ0n) is 9.19. The number of hydrogen-bond donors (Lipinski definition) is 1. The number of aromatic nitrogens is 2. The molecule has 1 aliphatic heterocycles. The van der Waals surface area contributed by atoms with Gasteiger partial charge in [0, 0.05) is 13.0 Å². The van der Waals surface area contributed by atoms with Crippen LogP contribution in [-0.4, -0.2) is 30.0 Å². The van der Waals surface area contributed by atoms with Gasteiger partial charge in [-0.2, -0.15) is 0 Å². The van der Waals surface area contributed by atoms with Crippen LogP contribution in [0.4, 0.5) is 0 Å². The van der Waals surface area contributed by atoms with Crippen LogP contribution in [0.15, 0.2) is 4.42 Å². The van der Waals surface area contributed by atoms with Crippen molar-refractivity contribution in [2.75, 3.05) is 19.8 Å². The summed E-state index contributed by atoms with van der Waals surface area (Å²) in [5.41, 5.74) is 0. The van der Waals surface area contributed by atoms with Crippen molar-refractivity contribution in [3.05, 3.63) is 11.8 Å². The molecule has 0 bridgehead atoms. The van der Waals surface area contributed by atoms with Crippen LogP contribution >= 0.6 is 0 Å². The summed E-state index contributed by atoms with van der Waals surface area (Å²) in [6, 6.07) is 0.0622. The second kappa shape index (κ2) is 4.72. The highest BCUT2D eigenvalue weighted by molar-refractivity contribution is 4.91. The molecule has 2 heterocycles. The van der Waals surface area contributed by atoms with Gasteiger partial charge in [-0.05, 0) is 5.92 Å². The lowest BCUT2D eigenvalue weighted by Gasteiger charge is -2.20. The first-order valence-corrected chi connectivity index (χ1v) is 5.39. The van der Waals surface area contributed by atoms with E-state index in [0.29, 0.717) is 24.3 Å². The highest BCUT2D eigenvalue weighted by Gasteiger charge is 2.21. The van der Waals surface area contributed by atoms with Crippen LogP contribution in [0.25, 0.3) is 0 Å². The maximum atomic E-state index is 5.57. The smallest absolute Gasteiger partial charge is 0.235 e. The van der Waals surface area contributed by atoms with Crippen molar-refractivity contribution in [2.45, 2.75) is 26.3 Å². The summed E-state index contributed by atoms with van der Waals surface area (Å²) in [4.78, 5) is 0. The first-order valence-electron chi connectivity index (χ1n) is 5.39. The average Bonchev–Trinajstić information content (AvgIpc) is 2.67. The highest BCUT2D eigenvalue weighted by atomic mass is 16.5. The summed E-state index contributed by atoms with van der Waals surface area (Å²) in [5, 5.41) is 11.3. The molecule has 15 heavy (non-hydrogen) atoms. The Balaban J connectivity index is 1.99. The van der Waals surface area contributed by atoms with Gasteiger partial charge < -0.3 is 14.5 Å². The van der Waals surface area contributed by atoms with Crippen molar-refractivity contribution in [1.82, 2.24) is 15.5 Å². The molecule has 1 fully saturated rings. The maximum Gasteiger partial charge on any atom is 0.235 e. The third-order valence-electron chi connectivity index (χ3n) is 2.29. The third kappa shape index (κ3) is 2.76. The third-order valence-corrected chi connectivity index (χ3v) is 2.29. The molecule has 0 aliphatic carbocycles. The van der Waals surface area contributed by atoms with Crippen LogP contribution in [0.5, 0.6) is 0 Å². The van der Waals surface area contributed by atoms with Gasteiger partial charge in [-0.25, -0.2) is 0 Å². The summed E-state index contributed by atoms with van der Waals surface area (Å²) >= 11 is 0. The van der Waals surface area contributed by atoms with Crippen LogP contribution in [0, 0.1) is 5.92 Å². The number of ether oxygens (including phenoxy) is 1. The van der Waals surface area contributed by atoms with Crippen LogP contribution in [0.3, 0.4) is 0 Å². The summed E-state index contributed by atoms with van der Waals surface area (Å²) in [7, 11) is 0. The highest BCUT2D eigenvalue weighted by Crippen LogP contribution is 2.15. The zero-order valence-corrected chi connectivity index (χ0v) is 9.19. The normalized spacial score (nSPS) is 22.2. The lowest BCUT2D eigenvalue weighted by molar-refractivity contribution is 0.0676. The standard InChI is InChI=1S/C10H17N3O2/c1-7(2)5-9-12-13-10(15-9)8-6-14-4-3-11-8/h7-8,11H,3-6H2,1-2H3. The molecule has 5 nitrogen and oxygen atoms in total. The minimum Gasteiger partial charge on any atom is -0.423 e. The van der Waals surface area contributed by atoms with Crippen molar-refractivity contribution in [3.8, 4) is 0 Å². The first kappa shape index (κ1) is 10.6. The Bertz CT molecular complexity index is 305. The molecule has 0 radical (unpaired) electrons. The molecular formula is C10H17N3O2. The minimum atomic E-state index is 0.0622. The average molecular weight is 211 g/mol. The summed E-state index contributed by atoms with van der Waals surface area (Å²) < 4.78 is 10.9. The topological polar surface area (TPSA) is 60.2 Å². The van der Waals surface area contributed by atoms with Gasteiger partial charge in [0.05, 0.1) is 13.2 Å². The summed E-state index contributed by atoms with van der Waals surface area (Å²) in [6.07, 6.45) is 0.834. The van der Waals surface area contributed by atoms with Crippen LogP contribution < -0.4 is 5.32 Å². The molecule has 1 aromatic heterocycles. The lowest BCUT2D eigenvalue weighted by Crippen LogP contribution is -2.34. The Morgan fingerprint density at radius 3 is 3.00 bits per heavy atom. The number of morpholine rings is 1. The van der Waals surface area contributed by atoms with Crippen molar-refractivity contribution in [3.63, 3.8) is 0 Å². The molecular weight excluding hydrogens is 194 g/mol. The molecule has 1 N–H and O–H groups in total. The van der Waals surface area contributed by atoms with E-state index in [-0.39, 0.29) is 6.04 Å². The van der Waals surface area contributed by atoms with Crippen molar-refractivity contribution in [2.24, 2.45) is 5.92 Å². The van der Waals surface area contributed by atoms with E-state index < -0.39 is 0 Å². The molecule has 84 valence electrons. The molecule has 1 aliphatic rings. The van der Waals surface area contributed by atoms with E-state index in [4.69, 9.17) is 9.15 Å². The van der Waals surface area contributed by atoms with E-state index in [1.54, 1.807) is 0 Å². The first-order chi connectivity index (χ1) is 7.25. The van der Waals surface area contributed by atoms with Crippen LogP contribution in [-0.2, 0) is 11.2 Å². The van der Waals surface area contributed by atoms with Gasteiger partial charge in [0.25, 0.3) is 0 Å². The van der Waals surface area contributed by atoms with Crippen LogP contribution in [0.2, 0.25) is 0 Å². The van der Waals surface area contributed by atoms with Crippen molar-refractivity contribution in [1.29, 1.82) is 0 Å². The fourth-order valence-electron chi connectivity index (χ4n) is 1.56. The quantitative estimate of drug-likeness (QED) is 0.806. The molecule has 2 rings (SSSR count). The number of hydrogen-bond acceptors (Lipinski definition) is 5. The van der Waals surface area contributed by atoms with Gasteiger partial charge in [-0.1, -0.05) is 13.8 Å². The van der Waals surface area contributed by atoms with Gasteiger partial charge in [-0.15, -0.1) is 10.2 Å². The summed E-state index contributed by atoms with van der Waals surface area (Å²) in [5.74, 6) is 1.89. The van der Waals surface area contributed by atoms with Gasteiger partial charge in [0.15, 0.2) is 0 Å². The molecule has 1 unspecified atom stereocenters. The number of nitrogens with one attached hydrogen (secondary N) is 1.